The van der Waals surface area contributed by atoms with Gasteiger partial charge in [-0.05, 0) is 73.1 Å². The van der Waals surface area contributed by atoms with Crippen LogP contribution in [0, 0.1) is 17.3 Å². The van der Waals surface area contributed by atoms with Crippen LogP contribution in [-0.4, -0.2) is 23.8 Å². The molecule has 0 N–H and O–H groups in total. The molecular formula is C22H26O5. The molecule has 0 amide bonds. The summed E-state index contributed by atoms with van der Waals surface area (Å²) in [6.07, 6.45) is 3.81. The van der Waals surface area contributed by atoms with Crippen LogP contribution in [0.5, 0.6) is 5.75 Å². The van der Waals surface area contributed by atoms with Gasteiger partial charge in [-0.25, -0.2) is 0 Å². The molecule has 3 aliphatic carbocycles. The highest BCUT2D eigenvalue weighted by atomic mass is 16.5. The molecule has 144 valence electrons. The summed E-state index contributed by atoms with van der Waals surface area (Å²) in [5.41, 5.74) is 2.20. The van der Waals surface area contributed by atoms with Crippen molar-refractivity contribution in [1.82, 2.24) is 0 Å². The summed E-state index contributed by atoms with van der Waals surface area (Å²) in [6, 6.07) is 5.95. The predicted octanol–water partition coefficient (Wildman–Crippen LogP) is 3.58. The first-order valence-electron chi connectivity index (χ1n) is 9.82. The number of carbonyl (C=O) groups excluding carboxylic acids is 3. The van der Waals surface area contributed by atoms with Gasteiger partial charge in [-0.1, -0.05) is 13.0 Å². The number of hydrogen-bond donors (Lipinski definition) is 0. The molecule has 0 radical (unpaired) electrons. The summed E-state index contributed by atoms with van der Waals surface area (Å²) in [7, 11) is 0. The number of carbonyl (C=O) groups is 3. The van der Waals surface area contributed by atoms with Gasteiger partial charge in [0, 0.05) is 19.3 Å². The van der Waals surface area contributed by atoms with Crippen LogP contribution in [0.2, 0.25) is 0 Å². The third-order valence-electron chi connectivity index (χ3n) is 6.98. The summed E-state index contributed by atoms with van der Waals surface area (Å²) in [5, 5.41) is 0. The Bertz CT molecular complexity index is 813. The van der Waals surface area contributed by atoms with Crippen LogP contribution in [0.15, 0.2) is 18.2 Å². The number of hydrogen-bond acceptors (Lipinski definition) is 5. The first-order chi connectivity index (χ1) is 12.8. The molecule has 0 heterocycles. The van der Waals surface area contributed by atoms with E-state index in [0.29, 0.717) is 24.0 Å². The summed E-state index contributed by atoms with van der Waals surface area (Å²) in [4.78, 5) is 35.6. The average molecular weight is 370 g/mol. The fourth-order valence-corrected chi connectivity index (χ4v) is 5.86. The molecule has 1 aromatic carbocycles. The number of benzene rings is 1. The Labute approximate surface area is 159 Å². The van der Waals surface area contributed by atoms with E-state index in [1.54, 1.807) is 0 Å². The molecule has 0 aromatic heterocycles. The normalized spacial score (nSPS) is 34.3. The number of esters is 2. The molecule has 2 saturated carbocycles. The van der Waals surface area contributed by atoms with Crippen LogP contribution in [0.25, 0.3) is 0 Å². The molecule has 5 heteroatoms. The molecule has 0 spiro atoms. The number of ketones is 1. The van der Waals surface area contributed by atoms with Crippen molar-refractivity contribution in [1.29, 1.82) is 0 Å². The maximum atomic E-state index is 12.9. The van der Waals surface area contributed by atoms with Gasteiger partial charge in [0.1, 0.15) is 5.75 Å². The van der Waals surface area contributed by atoms with Crippen molar-refractivity contribution in [3.8, 4) is 5.75 Å². The molecule has 0 unspecified atom stereocenters. The standard InChI is InChI=1S/C22H26O5/c1-12(23)26-15-5-7-16-14(10-15)4-6-18-17(16)8-9-22(3)19(18)11-20(21(22)25)27-13(2)24/h5,7,10,17-20H,4,6,8-9,11H2,1-3H3/t17-,18-,19+,20+,22+/m0/s1. The second-order valence-corrected chi connectivity index (χ2v) is 8.52. The molecule has 27 heavy (non-hydrogen) atoms. The van der Waals surface area contributed by atoms with E-state index in [0.717, 1.165) is 25.7 Å². The molecule has 0 aliphatic heterocycles. The number of Topliss-reactive ketones (excluding diaryl/α,β-unsaturated/α-hetero) is 1. The fourth-order valence-electron chi connectivity index (χ4n) is 5.86. The average Bonchev–Trinajstić information content (AvgIpc) is 2.85. The third-order valence-corrected chi connectivity index (χ3v) is 6.98. The predicted molar refractivity (Wildman–Crippen MR) is 98.3 cm³/mol. The highest BCUT2D eigenvalue weighted by Gasteiger charge is 2.59. The van der Waals surface area contributed by atoms with E-state index in [1.807, 2.05) is 12.1 Å². The highest BCUT2D eigenvalue weighted by Crippen LogP contribution is 2.60. The Morgan fingerprint density at radius 1 is 1.15 bits per heavy atom. The van der Waals surface area contributed by atoms with Gasteiger partial charge in [0.2, 0.25) is 0 Å². The van der Waals surface area contributed by atoms with Crippen molar-refractivity contribution < 1.29 is 23.9 Å². The summed E-state index contributed by atoms with van der Waals surface area (Å²) < 4.78 is 10.6. The van der Waals surface area contributed by atoms with Gasteiger partial charge in [-0.3, -0.25) is 14.4 Å². The summed E-state index contributed by atoms with van der Waals surface area (Å²) in [6.45, 7) is 4.85. The molecule has 4 rings (SSSR count). The van der Waals surface area contributed by atoms with Gasteiger partial charge in [-0.2, -0.15) is 0 Å². The van der Waals surface area contributed by atoms with E-state index in [4.69, 9.17) is 9.47 Å². The quantitative estimate of drug-likeness (QED) is 0.588. The zero-order chi connectivity index (χ0) is 19.3. The lowest BCUT2D eigenvalue weighted by atomic mass is 9.55. The smallest absolute Gasteiger partial charge is 0.308 e. The fraction of sp³-hybridized carbons (Fsp3) is 0.591. The molecule has 5 nitrogen and oxygen atoms in total. The lowest BCUT2D eigenvalue weighted by Gasteiger charge is -2.48. The van der Waals surface area contributed by atoms with Crippen LogP contribution < -0.4 is 4.74 Å². The van der Waals surface area contributed by atoms with E-state index < -0.39 is 6.10 Å². The first kappa shape index (κ1) is 18.2. The number of rotatable bonds is 2. The van der Waals surface area contributed by atoms with Crippen LogP contribution >= 0.6 is 0 Å². The zero-order valence-electron chi connectivity index (χ0n) is 16.1. The minimum absolute atomic E-state index is 0.108. The van der Waals surface area contributed by atoms with Crippen molar-refractivity contribution in [2.75, 3.05) is 0 Å². The van der Waals surface area contributed by atoms with Crippen molar-refractivity contribution >= 4 is 17.7 Å². The first-order valence-corrected chi connectivity index (χ1v) is 9.82. The molecule has 3 aliphatic rings. The molecule has 0 bridgehead atoms. The number of aryl methyl sites for hydroxylation is 1. The van der Waals surface area contributed by atoms with E-state index in [2.05, 4.69) is 13.0 Å². The lowest BCUT2D eigenvalue weighted by molar-refractivity contribution is -0.153. The lowest BCUT2D eigenvalue weighted by Crippen LogP contribution is -2.43. The Kier molecular flexibility index (Phi) is 4.36. The van der Waals surface area contributed by atoms with E-state index in [9.17, 15) is 14.4 Å². The van der Waals surface area contributed by atoms with E-state index in [1.165, 1.54) is 25.0 Å². The molecule has 1 aromatic rings. The monoisotopic (exact) mass is 370 g/mol. The maximum Gasteiger partial charge on any atom is 0.308 e. The summed E-state index contributed by atoms with van der Waals surface area (Å²) >= 11 is 0. The largest absolute Gasteiger partial charge is 0.455 e. The topological polar surface area (TPSA) is 69.7 Å². The molecular weight excluding hydrogens is 344 g/mol. The van der Waals surface area contributed by atoms with Crippen LogP contribution in [-0.2, 0) is 25.5 Å². The zero-order valence-corrected chi connectivity index (χ0v) is 16.1. The third kappa shape index (κ3) is 2.97. The number of ether oxygens (including phenoxy) is 2. The van der Waals surface area contributed by atoms with Crippen molar-refractivity contribution in [2.45, 2.75) is 64.9 Å². The van der Waals surface area contributed by atoms with Crippen LogP contribution in [0.3, 0.4) is 0 Å². The van der Waals surface area contributed by atoms with Gasteiger partial charge in [0.25, 0.3) is 0 Å². The Hall–Kier alpha value is -2.17. The van der Waals surface area contributed by atoms with Gasteiger partial charge in [-0.15, -0.1) is 0 Å². The minimum Gasteiger partial charge on any atom is -0.455 e. The minimum atomic E-state index is -0.580. The SMILES string of the molecule is CC(=O)Oc1ccc2c(c1)CC[C@@H]1[C@H]3C[C@@H](OC(C)=O)C(=O)[C@]3(C)CC[C@@H]21. The van der Waals surface area contributed by atoms with E-state index >= 15 is 0 Å². The molecule has 2 fully saturated rings. The van der Waals surface area contributed by atoms with Crippen molar-refractivity contribution in [3.63, 3.8) is 0 Å². The van der Waals surface area contributed by atoms with Crippen molar-refractivity contribution in [2.24, 2.45) is 17.3 Å². The van der Waals surface area contributed by atoms with Gasteiger partial charge in [0.05, 0.1) is 0 Å². The van der Waals surface area contributed by atoms with Crippen LogP contribution in [0.4, 0.5) is 0 Å². The Morgan fingerprint density at radius 2 is 1.93 bits per heavy atom. The van der Waals surface area contributed by atoms with Gasteiger partial charge in [0.15, 0.2) is 11.9 Å². The Balaban J connectivity index is 1.61. The van der Waals surface area contributed by atoms with Crippen molar-refractivity contribution in [3.05, 3.63) is 29.3 Å². The van der Waals surface area contributed by atoms with Gasteiger partial charge < -0.3 is 9.47 Å². The van der Waals surface area contributed by atoms with Crippen LogP contribution in [0.1, 0.15) is 63.5 Å². The second kappa shape index (κ2) is 6.47. The second-order valence-electron chi connectivity index (χ2n) is 8.52. The molecule has 5 atom stereocenters. The van der Waals surface area contributed by atoms with E-state index in [-0.39, 0.29) is 29.1 Å². The summed E-state index contributed by atoms with van der Waals surface area (Å²) in [5.74, 6) is 1.14. The number of fused-ring (bicyclic) bond motifs is 5. The Morgan fingerprint density at radius 3 is 2.63 bits per heavy atom. The highest BCUT2D eigenvalue weighted by molar-refractivity contribution is 5.93. The van der Waals surface area contributed by atoms with Gasteiger partial charge >= 0.3 is 11.9 Å². The maximum absolute atomic E-state index is 12.9. The molecule has 0 saturated heterocycles.